The molecule has 0 atom stereocenters. The van der Waals surface area contributed by atoms with Gasteiger partial charge in [0.25, 0.3) is 5.91 Å². The molecule has 18 heavy (non-hydrogen) atoms. The van der Waals surface area contributed by atoms with Crippen LogP contribution in [0.4, 0.5) is 0 Å². The third-order valence-corrected chi connectivity index (χ3v) is 3.67. The molecule has 1 fully saturated rings. The van der Waals surface area contributed by atoms with Gasteiger partial charge in [0.15, 0.2) is 0 Å². The second-order valence-electron chi connectivity index (χ2n) is 5.41. The third-order valence-electron chi connectivity index (χ3n) is 3.23. The largest absolute Gasteiger partial charge is 0.343 e. The number of carbonyl (C=O) groups excluding carboxylic acids is 1. The van der Waals surface area contributed by atoms with Crippen molar-refractivity contribution in [3.63, 3.8) is 0 Å². The van der Waals surface area contributed by atoms with Crippen molar-refractivity contribution in [1.82, 2.24) is 9.47 Å². The number of carbonyl (C=O) groups is 1. The van der Waals surface area contributed by atoms with E-state index in [1.165, 1.54) is 0 Å². The van der Waals surface area contributed by atoms with E-state index in [9.17, 15) is 4.79 Å². The monoisotopic (exact) mass is 312 g/mol. The van der Waals surface area contributed by atoms with Crippen molar-refractivity contribution in [2.75, 3.05) is 6.54 Å². The molecule has 0 N–H and O–H groups in total. The molecule has 3 nitrogen and oxygen atoms in total. The van der Waals surface area contributed by atoms with E-state index in [0.717, 1.165) is 36.1 Å². The van der Waals surface area contributed by atoms with E-state index in [1.54, 1.807) is 0 Å². The smallest absolute Gasteiger partial charge is 0.270 e. The predicted octanol–water partition coefficient (Wildman–Crippen LogP) is 3.53. The lowest BCUT2D eigenvalue weighted by Crippen LogP contribution is -2.37. The van der Waals surface area contributed by atoms with Crippen LogP contribution < -0.4 is 0 Å². The van der Waals surface area contributed by atoms with Gasteiger partial charge in [0, 0.05) is 29.8 Å². The Labute approximate surface area is 117 Å². The van der Waals surface area contributed by atoms with Crippen molar-refractivity contribution >= 4 is 21.8 Å². The fourth-order valence-corrected chi connectivity index (χ4v) is 2.70. The van der Waals surface area contributed by atoms with Crippen LogP contribution in [-0.2, 0) is 6.54 Å². The van der Waals surface area contributed by atoms with Crippen molar-refractivity contribution in [3.05, 3.63) is 22.4 Å². The summed E-state index contributed by atoms with van der Waals surface area (Å²) in [6.07, 6.45) is 4.30. The number of amides is 1. The molecule has 1 aliphatic rings. The van der Waals surface area contributed by atoms with Crippen molar-refractivity contribution in [2.24, 2.45) is 5.92 Å². The molecule has 0 aliphatic heterocycles. The van der Waals surface area contributed by atoms with Crippen LogP contribution in [0.1, 0.15) is 44.1 Å². The molecule has 100 valence electrons. The first-order valence-corrected chi connectivity index (χ1v) is 7.48. The average Bonchev–Trinajstić information content (AvgIpc) is 3.08. The second-order valence-corrected chi connectivity index (χ2v) is 6.33. The summed E-state index contributed by atoms with van der Waals surface area (Å²) in [7, 11) is 0. The molecule has 1 saturated carbocycles. The van der Waals surface area contributed by atoms with E-state index in [0.29, 0.717) is 12.0 Å². The zero-order chi connectivity index (χ0) is 13.3. The molecule has 0 bridgehead atoms. The zero-order valence-corrected chi connectivity index (χ0v) is 12.9. The van der Waals surface area contributed by atoms with Gasteiger partial charge in [0.2, 0.25) is 0 Å². The number of nitrogens with zero attached hydrogens (tertiary/aromatic N) is 2. The molecule has 0 radical (unpaired) electrons. The van der Waals surface area contributed by atoms with E-state index < -0.39 is 0 Å². The van der Waals surface area contributed by atoms with Crippen molar-refractivity contribution < 1.29 is 4.79 Å². The molecule has 1 aliphatic carbocycles. The standard InChI is InChI=1S/C14H21BrN2O/c1-4-16-9-11(15)7-13(16)14(18)17(8-10(2)3)12-5-6-12/h7,9-10,12H,4-6,8H2,1-3H3. The van der Waals surface area contributed by atoms with Crippen molar-refractivity contribution in [3.8, 4) is 0 Å². The first-order valence-electron chi connectivity index (χ1n) is 6.69. The molecule has 2 rings (SSSR count). The van der Waals surface area contributed by atoms with Gasteiger partial charge >= 0.3 is 0 Å². The Bertz CT molecular complexity index is 435. The summed E-state index contributed by atoms with van der Waals surface area (Å²) < 4.78 is 3.00. The number of halogens is 1. The van der Waals surface area contributed by atoms with Gasteiger partial charge in [0.1, 0.15) is 5.69 Å². The fourth-order valence-electron chi connectivity index (χ4n) is 2.24. The Hall–Kier alpha value is -0.770. The van der Waals surface area contributed by atoms with Crippen LogP contribution in [0.3, 0.4) is 0 Å². The summed E-state index contributed by atoms with van der Waals surface area (Å²) >= 11 is 3.45. The molecule has 0 unspecified atom stereocenters. The van der Waals surface area contributed by atoms with Crippen LogP contribution in [0, 0.1) is 5.92 Å². The molecule has 1 aromatic heterocycles. The van der Waals surface area contributed by atoms with Crippen molar-refractivity contribution in [2.45, 2.75) is 46.2 Å². The Balaban J connectivity index is 2.21. The topological polar surface area (TPSA) is 25.2 Å². The number of aromatic nitrogens is 1. The molecule has 4 heteroatoms. The molecular weight excluding hydrogens is 292 g/mol. The number of aryl methyl sites for hydroxylation is 1. The Morgan fingerprint density at radius 3 is 2.72 bits per heavy atom. The third kappa shape index (κ3) is 2.97. The molecule has 1 aromatic rings. The second kappa shape index (κ2) is 5.47. The summed E-state index contributed by atoms with van der Waals surface area (Å²) in [5.41, 5.74) is 0.803. The highest BCUT2D eigenvalue weighted by atomic mass is 79.9. The van der Waals surface area contributed by atoms with Crippen LogP contribution in [-0.4, -0.2) is 28.0 Å². The van der Waals surface area contributed by atoms with Crippen LogP contribution in [0.2, 0.25) is 0 Å². The number of hydrogen-bond acceptors (Lipinski definition) is 1. The van der Waals surface area contributed by atoms with E-state index in [1.807, 2.05) is 16.8 Å². The number of hydrogen-bond donors (Lipinski definition) is 0. The normalized spacial score (nSPS) is 15.2. The average molecular weight is 313 g/mol. The van der Waals surface area contributed by atoms with Crippen LogP contribution in [0.25, 0.3) is 0 Å². The molecular formula is C14H21BrN2O. The van der Waals surface area contributed by atoms with Gasteiger partial charge in [-0.25, -0.2) is 0 Å². The van der Waals surface area contributed by atoms with Gasteiger partial charge in [-0.2, -0.15) is 0 Å². The maximum Gasteiger partial charge on any atom is 0.270 e. The van der Waals surface area contributed by atoms with E-state index in [2.05, 4.69) is 41.6 Å². The molecule has 0 saturated heterocycles. The minimum Gasteiger partial charge on any atom is -0.343 e. The first-order chi connectivity index (χ1) is 8.52. The minimum atomic E-state index is 0.179. The Morgan fingerprint density at radius 2 is 2.22 bits per heavy atom. The van der Waals surface area contributed by atoms with Crippen LogP contribution >= 0.6 is 15.9 Å². The Morgan fingerprint density at radius 1 is 1.56 bits per heavy atom. The van der Waals surface area contributed by atoms with Crippen molar-refractivity contribution in [1.29, 1.82) is 0 Å². The maximum absolute atomic E-state index is 12.6. The molecule has 1 amide bonds. The summed E-state index contributed by atoms with van der Waals surface area (Å²) in [4.78, 5) is 14.7. The highest BCUT2D eigenvalue weighted by Gasteiger charge is 2.34. The van der Waals surface area contributed by atoms with Gasteiger partial charge in [-0.3, -0.25) is 4.79 Å². The molecule has 0 aromatic carbocycles. The van der Waals surface area contributed by atoms with E-state index >= 15 is 0 Å². The molecule has 0 spiro atoms. The quantitative estimate of drug-likeness (QED) is 0.816. The molecule has 1 heterocycles. The predicted molar refractivity (Wildman–Crippen MR) is 76.7 cm³/mol. The lowest BCUT2D eigenvalue weighted by Gasteiger charge is -2.24. The number of rotatable bonds is 5. The zero-order valence-electron chi connectivity index (χ0n) is 11.3. The highest BCUT2D eigenvalue weighted by Crippen LogP contribution is 2.29. The fraction of sp³-hybridized carbons (Fsp3) is 0.643. The van der Waals surface area contributed by atoms with Gasteiger partial charge in [-0.1, -0.05) is 13.8 Å². The van der Waals surface area contributed by atoms with E-state index in [4.69, 9.17) is 0 Å². The lowest BCUT2D eigenvalue weighted by atomic mass is 10.2. The first kappa shape index (κ1) is 13.7. The lowest BCUT2D eigenvalue weighted by molar-refractivity contribution is 0.0711. The Kier molecular flexibility index (Phi) is 4.15. The maximum atomic E-state index is 12.6. The van der Waals surface area contributed by atoms with Gasteiger partial charge < -0.3 is 9.47 Å². The van der Waals surface area contributed by atoms with E-state index in [-0.39, 0.29) is 5.91 Å². The SMILES string of the molecule is CCn1cc(Br)cc1C(=O)N(CC(C)C)C1CC1. The van der Waals surface area contributed by atoms with Gasteiger partial charge in [0.05, 0.1) is 0 Å². The minimum absolute atomic E-state index is 0.179. The summed E-state index contributed by atoms with van der Waals surface area (Å²) in [6, 6.07) is 2.40. The van der Waals surface area contributed by atoms with Crippen LogP contribution in [0.15, 0.2) is 16.7 Å². The summed E-state index contributed by atoms with van der Waals surface area (Å²) in [5.74, 6) is 0.696. The summed E-state index contributed by atoms with van der Waals surface area (Å²) in [5, 5.41) is 0. The summed E-state index contributed by atoms with van der Waals surface area (Å²) in [6.45, 7) is 8.07. The van der Waals surface area contributed by atoms with Gasteiger partial charge in [-0.15, -0.1) is 0 Å². The highest BCUT2D eigenvalue weighted by molar-refractivity contribution is 9.10. The van der Waals surface area contributed by atoms with Crippen LogP contribution in [0.5, 0.6) is 0 Å². The van der Waals surface area contributed by atoms with Gasteiger partial charge in [-0.05, 0) is 47.7 Å².